The van der Waals surface area contributed by atoms with E-state index in [0.717, 1.165) is 0 Å². The average Bonchev–Trinajstić information content (AvgIpc) is 2.98. The molecule has 0 radical (unpaired) electrons. The number of alkyl halides is 1. The molecule has 6 nitrogen and oxygen atoms in total. The molecule has 1 saturated heterocycles. The Morgan fingerprint density at radius 1 is 1.43 bits per heavy atom. The first-order chi connectivity index (χ1) is 11.1. The summed E-state index contributed by atoms with van der Waals surface area (Å²) in [5.74, 6) is -0.681. The lowest BCUT2D eigenvalue weighted by atomic mass is 10.2. The molecule has 1 aromatic carbocycles. The zero-order chi connectivity index (χ0) is 16.8. The van der Waals surface area contributed by atoms with Crippen LogP contribution >= 0.6 is 11.6 Å². The quantitative estimate of drug-likeness (QED) is 0.653. The Kier molecular flexibility index (Phi) is 6.04. The Morgan fingerprint density at radius 2 is 2.17 bits per heavy atom. The number of rotatable bonds is 5. The zero-order valence-corrected chi connectivity index (χ0v) is 13.4. The highest BCUT2D eigenvalue weighted by Gasteiger charge is 2.41. The van der Waals surface area contributed by atoms with Crippen LogP contribution in [0.5, 0.6) is 5.75 Å². The van der Waals surface area contributed by atoms with Crippen LogP contribution in [0.1, 0.15) is 6.42 Å². The Bertz CT molecular complexity index is 572. The normalized spacial score (nSPS) is 20.2. The predicted octanol–water partition coefficient (Wildman–Crippen LogP) is 1.77. The minimum atomic E-state index is -0.771. The molecule has 8 heteroatoms. The van der Waals surface area contributed by atoms with Gasteiger partial charge in [-0.05, 0) is 12.1 Å². The third kappa shape index (κ3) is 4.25. The van der Waals surface area contributed by atoms with Crippen molar-refractivity contribution in [1.29, 1.82) is 0 Å². The molecule has 0 aromatic heterocycles. The van der Waals surface area contributed by atoms with Crippen LogP contribution in [0.25, 0.3) is 0 Å². The molecular weight excluding hydrogens is 327 g/mol. The van der Waals surface area contributed by atoms with E-state index in [4.69, 9.17) is 21.1 Å². The van der Waals surface area contributed by atoms with Crippen molar-refractivity contribution >= 4 is 23.6 Å². The molecule has 1 aliphatic rings. The molecule has 1 aromatic rings. The molecule has 0 aliphatic carbocycles. The summed E-state index contributed by atoms with van der Waals surface area (Å²) in [6, 6.07) is 4.79. The van der Waals surface area contributed by atoms with Crippen molar-refractivity contribution < 1.29 is 23.5 Å². The van der Waals surface area contributed by atoms with E-state index in [1.165, 1.54) is 24.1 Å². The van der Waals surface area contributed by atoms with Crippen LogP contribution in [0, 0.1) is 5.82 Å². The number of hydrogen-bond donors (Lipinski definition) is 1. The molecule has 1 fully saturated rings. The van der Waals surface area contributed by atoms with Gasteiger partial charge in [0.05, 0.1) is 13.7 Å². The largest absolute Gasteiger partial charge is 0.485 e. The van der Waals surface area contributed by atoms with E-state index >= 15 is 0 Å². The number of para-hydroxylation sites is 1. The van der Waals surface area contributed by atoms with E-state index in [0.29, 0.717) is 0 Å². The van der Waals surface area contributed by atoms with Crippen LogP contribution in [0.3, 0.4) is 0 Å². The van der Waals surface area contributed by atoms with Gasteiger partial charge in [-0.1, -0.05) is 12.1 Å². The second-order valence-electron chi connectivity index (χ2n) is 5.02. The maximum absolute atomic E-state index is 13.7. The Morgan fingerprint density at radius 3 is 2.83 bits per heavy atom. The van der Waals surface area contributed by atoms with Crippen molar-refractivity contribution in [2.45, 2.75) is 18.6 Å². The van der Waals surface area contributed by atoms with Gasteiger partial charge in [-0.15, -0.1) is 11.6 Å². The highest BCUT2D eigenvalue weighted by atomic mass is 35.5. The van der Waals surface area contributed by atoms with E-state index in [2.05, 4.69) is 5.32 Å². The highest BCUT2D eigenvalue weighted by molar-refractivity contribution is 6.18. The zero-order valence-electron chi connectivity index (χ0n) is 12.6. The third-order valence-electron chi connectivity index (χ3n) is 3.50. The van der Waals surface area contributed by atoms with Crippen LogP contribution in [-0.2, 0) is 9.53 Å². The molecular formula is C15H18ClFN2O4. The molecule has 1 aliphatic heterocycles. The number of benzene rings is 1. The minimum absolute atomic E-state index is 0.0872. The standard InChI is InChI=1S/C15H18ClFN2O4/c1-22-14(20)12-8-10(9-19(12)15(21)18-7-6-16)23-13-5-3-2-4-11(13)17/h2-5,10,12H,6-9H2,1H3,(H,18,21). The number of halogens is 2. The van der Waals surface area contributed by atoms with Gasteiger partial charge in [0.2, 0.25) is 0 Å². The second-order valence-corrected chi connectivity index (χ2v) is 5.40. The van der Waals surface area contributed by atoms with E-state index < -0.39 is 30.0 Å². The number of ether oxygens (including phenoxy) is 2. The average molecular weight is 345 g/mol. The smallest absolute Gasteiger partial charge is 0.328 e. The van der Waals surface area contributed by atoms with Crippen LogP contribution < -0.4 is 10.1 Å². The highest BCUT2D eigenvalue weighted by Crippen LogP contribution is 2.25. The fraction of sp³-hybridized carbons (Fsp3) is 0.467. The fourth-order valence-corrected chi connectivity index (χ4v) is 2.54. The summed E-state index contributed by atoms with van der Waals surface area (Å²) in [4.78, 5) is 25.3. The van der Waals surface area contributed by atoms with Gasteiger partial charge >= 0.3 is 12.0 Å². The number of nitrogens with zero attached hydrogens (tertiary/aromatic N) is 1. The second kappa shape index (κ2) is 8.01. The maximum Gasteiger partial charge on any atom is 0.328 e. The monoisotopic (exact) mass is 344 g/mol. The Labute approximate surface area is 138 Å². The topological polar surface area (TPSA) is 67.9 Å². The first-order valence-corrected chi connectivity index (χ1v) is 7.69. The summed E-state index contributed by atoms with van der Waals surface area (Å²) >= 11 is 5.54. The van der Waals surface area contributed by atoms with Gasteiger partial charge in [-0.25, -0.2) is 14.0 Å². The first-order valence-electron chi connectivity index (χ1n) is 7.16. The number of carbonyl (C=O) groups excluding carboxylic acids is 2. The van der Waals surface area contributed by atoms with Crippen molar-refractivity contribution in [1.82, 2.24) is 10.2 Å². The Balaban J connectivity index is 2.08. The van der Waals surface area contributed by atoms with Crippen LogP contribution in [0.4, 0.5) is 9.18 Å². The lowest BCUT2D eigenvalue weighted by Crippen LogP contribution is -2.47. The number of amides is 2. The number of methoxy groups -OCH3 is 1. The molecule has 1 heterocycles. The lowest BCUT2D eigenvalue weighted by molar-refractivity contribution is -0.145. The number of nitrogens with one attached hydrogen (secondary N) is 1. The van der Waals surface area contributed by atoms with E-state index in [-0.39, 0.29) is 31.1 Å². The lowest BCUT2D eigenvalue weighted by Gasteiger charge is -2.22. The van der Waals surface area contributed by atoms with E-state index in [1.807, 2.05) is 0 Å². The molecule has 2 rings (SSSR count). The number of urea groups is 1. The minimum Gasteiger partial charge on any atom is -0.485 e. The summed E-state index contributed by atoms with van der Waals surface area (Å²) in [5.41, 5.74) is 0. The summed E-state index contributed by atoms with van der Waals surface area (Å²) in [6.07, 6.45) is -0.271. The number of carbonyl (C=O) groups is 2. The summed E-state index contributed by atoms with van der Waals surface area (Å²) in [7, 11) is 1.25. The van der Waals surface area contributed by atoms with Crippen LogP contribution in [0.15, 0.2) is 24.3 Å². The molecule has 23 heavy (non-hydrogen) atoms. The van der Waals surface area contributed by atoms with Gasteiger partial charge in [0.1, 0.15) is 12.1 Å². The number of esters is 1. The van der Waals surface area contributed by atoms with Gasteiger partial charge < -0.3 is 19.7 Å². The van der Waals surface area contributed by atoms with E-state index in [9.17, 15) is 14.0 Å². The molecule has 0 spiro atoms. The first kappa shape index (κ1) is 17.3. The van der Waals surface area contributed by atoms with Gasteiger partial charge in [-0.3, -0.25) is 0 Å². The Hall–Kier alpha value is -2.02. The van der Waals surface area contributed by atoms with Crippen molar-refractivity contribution in [2.75, 3.05) is 26.1 Å². The van der Waals surface area contributed by atoms with Crippen LogP contribution in [0.2, 0.25) is 0 Å². The number of likely N-dealkylation sites (tertiary alicyclic amines) is 1. The van der Waals surface area contributed by atoms with Gasteiger partial charge in [0, 0.05) is 18.8 Å². The SMILES string of the molecule is COC(=O)C1CC(Oc2ccccc2F)CN1C(=O)NCCCl. The third-order valence-corrected chi connectivity index (χ3v) is 3.69. The van der Waals surface area contributed by atoms with Gasteiger partial charge in [0.15, 0.2) is 11.6 Å². The van der Waals surface area contributed by atoms with Crippen LogP contribution in [-0.4, -0.2) is 55.1 Å². The fourth-order valence-electron chi connectivity index (χ4n) is 2.44. The summed E-state index contributed by atoms with van der Waals surface area (Å²) in [5, 5.41) is 2.60. The van der Waals surface area contributed by atoms with Crippen molar-refractivity contribution in [3.8, 4) is 5.75 Å². The van der Waals surface area contributed by atoms with Crippen molar-refractivity contribution in [2.24, 2.45) is 0 Å². The summed E-state index contributed by atoms with van der Waals surface area (Å²) in [6.45, 7) is 0.436. The summed E-state index contributed by atoms with van der Waals surface area (Å²) < 4.78 is 24.0. The van der Waals surface area contributed by atoms with Gasteiger partial charge in [-0.2, -0.15) is 0 Å². The van der Waals surface area contributed by atoms with Crippen molar-refractivity contribution in [3.63, 3.8) is 0 Å². The molecule has 2 unspecified atom stereocenters. The molecule has 0 saturated carbocycles. The van der Waals surface area contributed by atoms with E-state index in [1.54, 1.807) is 12.1 Å². The van der Waals surface area contributed by atoms with Crippen molar-refractivity contribution in [3.05, 3.63) is 30.1 Å². The molecule has 126 valence electrons. The molecule has 2 amide bonds. The maximum atomic E-state index is 13.7. The predicted molar refractivity (Wildman–Crippen MR) is 82.1 cm³/mol. The molecule has 2 atom stereocenters. The molecule has 1 N–H and O–H groups in total. The molecule has 0 bridgehead atoms. The van der Waals surface area contributed by atoms with Gasteiger partial charge in [0.25, 0.3) is 0 Å². The number of hydrogen-bond acceptors (Lipinski definition) is 4.